The molecule has 1 aromatic rings. The van der Waals surface area contributed by atoms with Crippen molar-refractivity contribution < 1.29 is 27.8 Å². The Hall–Kier alpha value is -1.31. The molecule has 0 bridgehead atoms. The fourth-order valence-electron chi connectivity index (χ4n) is 2.80. The van der Waals surface area contributed by atoms with Gasteiger partial charge in [0.1, 0.15) is 18.5 Å². The Morgan fingerprint density at radius 1 is 1.29 bits per heavy atom. The normalized spacial score (nSPS) is 18.5. The van der Waals surface area contributed by atoms with E-state index >= 15 is 0 Å². The monoisotopic (exact) mass is 347 g/mol. The van der Waals surface area contributed by atoms with E-state index in [2.05, 4.69) is 4.90 Å². The molecule has 1 aliphatic rings. The molecule has 1 saturated heterocycles. The number of aliphatic hydroxyl groups excluding tert-OH is 1. The number of ether oxygens (including phenoxy) is 2. The van der Waals surface area contributed by atoms with Gasteiger partial charge in [0.05, 0.1) is 11.7 Å². The molecule has 4 nitrogen and oxygen atoms in total. The van der Waals surface area contributed by atoms with Crippen molar-refractivity contribution in [2.75, 3.05) is 32.8 Å². The Bertz CT molecular complexity index is 502. The lowest BCUT2D eigenvalue weighted by atomic mass is 10.1. The third-order valence-electron chi connectivity index (χ3n) is 4.01. The van der Waals surface area contributed by atoms with E-state index in [1.165, 1.54) is 12.1 Å². The van der Waals surface area contributed by atoms with Crippen molar-refractivity contribution in [1.29, 1.82) is 0 Å². The molecular weight excluding hydrogens is 323 g/mol. The van der Waals surface area contributed by atoms with E-state index in [9.17, 15) is 18.3 Å². The van der Waals surface area contributed by atoms with Crippen LogP contribution in [0.1, 0.15) is 25.3 Å². The molecule has 2 rings (SSSR count). The third-order valence-corrected chi connectivity index (χ3v) is 4.01. The fraction of sp³-hybridized carbons (Fsp3) is 0.647. The molecule has 1 aromatic carbocycles. The molecule has 1 fully saturated rings. The molecular formula is C17H24F3NO3. The Morgan fingerprint density at radius 3 is 2.62 bits per heavy atom. The first kappa shape index (κ1) is 19.0. The number of β-amino-alcohol motifs (C(OH)–C–C–N with tert-alkyl or cyclic N) is 1. The average Bonchev–Trinajstić information content (AvgIpc) is 2.55. The number of aliphatic hydroxyl groups is 1. The van der Waals surface area contributed by atoms with Crippen LogP contribution in [0.25, 0.3) is 0 Å². The SMILES string of the molecule is CCOC1CCN(CC(O)COc2cccc(C(F)(F)F)c2)CC1. The largest absolute Gasteiger partial charge is 0.491 e. The van der Waals surface area contributed by atoms with E-state index in [-0.39, 0.29) is 18.5 Å². The molecule has 1 aliphatic heterocycles. The third kappa shape index (κ3) is 5.96. The second-order valence-electron chi connectivity index (χ2n) is 5.95. The quantitative estimate of drug-likeness (QED) is 0.823. The molecule has 1 N–H and O–H groups in total. The first-order valence-corrected chi connectivity index (χ1v) is 8.20. The number of piperidine rings is 1. The van der Waals surface area contributed by atoms with Crippen LogP contribution in [0, 0.1) is 0 Å². The molecule has 24 heavy (non-hydrogen) atoms. The van der Waals surface area contributed by atoms with Gasteiger partial charge in [-0.05, 0) is 38.0 Å². The molecule has 0 aromatic heterocycles. The van der Waals surface area contributed by atoms with Gasteiger partial charge in [0, 0.05) is 26.2 Å². The maximum atomic E-state index is 12.6. The molecule has 136 valence electrons. The van der Waals surface area contributed by atoms with Crippen LogP contribution in [0.3, 0.4) is 0 Å². The van der Waals surface area contributed by atoms with Crippen LogP contribution in [0.15, 0.2) is 24.3 Å². The molecule has 1 heterocycles. The summed E-state index contributed by atoms with van der Waals surface area (Å²) in [6.07, 6.45) is -3.01. The highest BCUT2D eigenvalue weighted by molar-refractivity contribution is 5.30. The van der Waals surface area contributed by atoms with Crippen LogP contribution >= 0.6 is 0 Å². The number of rotatable bonds is 7. The summed E-state index contributed by atoms with van der Waals surface area (Å²) in [7, 11) is 0. The second-order valence-corrected chi connectivity index (χ2v) is 5.95. The Balaban J connectivity index is 1.75. The van der Waals surface area contributed by atoms with E-state index in [1.54, 1.807) is 0 Å². The summed E-state index contributed by atoms with van der Waals surface area (Å²) in [6.45, 7) is 4.76. The van der Waals surface area contributed by atoms with Gasteiger partial charge in [0.25, 0.3) is 0 Å². The molecule has 0 amide bonds. The number of likely N-dealkylation sites (tertiary alicyclic amines) is 1. The van der Waals surface area contributed by atoms with Gasteiger partial charge in [0.2, 0.25) is 0 Å². The molecule has 1 unspecified atom stereocenters. The minimum absolute atomic E-state index is 0.0350. The smallest absolute Gasteiger partial charge is 0.416 e. The summed E-state index contributed by atoms with van der Waals surface area (Å²) in [5.41, 5.74) is -0.757. The lowest BCUT2D eigenvalue weighted by Crippen LogP contribution is -2.42. The van der Waals surface area contributed by atoms with Gasteiger partial charge in [-0.2, -0.15) is 13.2 Å². The van der Waals surface area contributed by atoms with Gasteiger partial charge in [-0.25, -0.2) is 0 Å². The zero-order chi connectivity index (χ0) is 17.6. The Labute approximate surface area is 140 Å². The highest BCUT2D eigenvalue weighted by Crippen LogP contribution is 2.31. The molecule has 0 aliphatic carbocycles. The highest BCUT2D eigenvalue weighted by atomic mass is 19.4. The maximum absolute atomic E-state index is 12.6. The highest BCUT2D eigenvalue weighted by Gasteiger charge is 2.30. The number of benzene rings is 1. The van der Waals surface area contributed by atoms with Gasteiger partial charge < -0.3 is 19.5 Å². The van der Waals surface area contributed by atoms with Crippen molar-refractivity contribution in [2.24, 2.45) is 0 Å². The number of nitrogens with zero attached hydrogens (tertiary/aromatic N) is 1. The second kappa shape index (κ2) is 8.69. The summed E-state index contributed by atoms with van der Waals surface area (Å²) in [5.74, 6) is 0.110. The van der Waals surface area contributed by atoms with Crippen molar-refractivity contribution in [3.05, 3.63) is 29.8 Å². The van der Waals surface area contributed by atoms with Crippen molar-refractivity contribution >= 4 is 0 Å². The topological polar surface area (TPSA) is 41.9 Å². The summed E-state index contributed by atoms with van der Waals surface area (Å²) < 4.78 is 48.8. The van der Waals surface area contributed by atoms with Crippen LogP contribution in [0.5, 0.6) is 5.75 Å². The summed E-state index contributed by atoms with van der Waals surface area (Å²) >= 11 is 0. The minimum atomic E-state index is -4.40. The first-order chi connectivity index (χ1) is 11.4. The van der Waals surface area contributed by atoms with Crippen molar-refractivity contribution in [3.8, 4) is 5.75 Å². The van der Waals surface area contributed by atoms with Crippen molar-refractivity contribution in [1.82, 2.24) is 4.90 Å². The van der Waals surface area contributed by atoms with Crippen molar-refractivity contribution in [3.63, 3.8) is 0 Å². The number of hydrogen-bond acceptors (Lipinski definition) is 4. The van der Waals surface area contributed by atoms with Gasteiger partial charge in [0.15, 0.2) is 0 Å². The number of alkyl halides is 3. The van der Waals surface area contributed by atoms with Crippen LogP contribution in [-0.2, 0) is 10.9 Å². The minimum Gasteiger partial charge on any atom is -0.491 e. The number of hydrogen-bond donors (Lipinski definition) is 1. The van der Waals surface area contributed by atoms with E-state index < -0.39 is 17.8 Å². The van der Waals surface area contributed by atoms with Crippen LogP contribution in [0.4, 0.5) is 13.2 Å². The van der Waals surface area contributed by atoms with E-state index in [0.29, 0.717) is 13.2 Å². The molecule has 1 atom stereocenters. The lowest BCUT2D eigenvalue weighted by molar-refractivity contribution is -0.137. The van der Waals surface area contributed by atoms with Gasteiger partial charge in [-0.3, -0.25) is 0 Å². The predicted molar refractivity (Wildman–Crippen MR) is 84.0 cm³/mol. The van der Waals surface area contributed by atoms with Crippen LogP contribution < -0.4 is 4.74 Å². The van der Waals surface area contributed by atoms with Crippen molar-refractivity contribution in [2.45, 2.75) is 38.1 Å². The zero-order valence-corrected chi connectivity index (χ0v) is 13.8. The zero-order valence-electron chi connectivity index (χ0n) is 13.8. The predicted octanol–water partition coefficient (Wildman–Crippen LogP) is 2.95. The molecule has 0 radical (unpaired) electrons. The van der Waals surface area contributed by atoms with Gasteiger partial charge in [-0.1, -0.05) is 6.07 Å². The standard InChI is InChI=1S/C17H24F3NO3/c1-2-23-15-6-8-21(9-7-15)11-14(22)12-24-16-5-3-4-13(10-16)17(18,19)20/h3-5,10,14-15,22H,2,6-9,11-12H2,1H3. The van der Waals surface area contributed by atoms with Gasteiger partial charge >= 0.3 is 6.18 Å². The molecule has 0 saturated carbocycles. The van der Waals surface area contributed by atoms with E-state index in [1.807, 2.05) is 6.92 Å². The first-order valence-electron chi connectivity index (χ1n) is 8.20. The molecule has 7 heteroatoms. The lowest BCUT2D eigenvalue weighted by Gasteiger charge is -2.32. The van der Waals surface area contributed by atoms with Gasteiger partial charge in [-0.15, -0.1) is 0 Å². The Kier molecular flexibility index (Phi) is 6.89. The van der Waals surface area contributed by atoms with E-state index in [0.717, 1.165) is 38.1 Å². The average molecular weight is 347 g/mol. The summed E-state index contributed by atoms with van der Waals surface area (Å²) in [6, 6.07) is 4.69. The fourth-order valence-corrected chi connectivity index (χ4v) is 2.80. The molecule has 0 spiro atoms. The summed E-state index contributed by atoms with van der Waals surface area (Å²) in [5, 5.41) is 10.0. The van der Waals surface area contributed by atoms with E-state index in [4.69, 9.17) is 9.47 Å². The van der Waals surface area contributed by atoms with Crippen LogP contribution in [0.2, 0.25) is 0 Å². The van der Waals surface area contributed by atoms with Crippen LogP contribution in [-0.4, -0.2) is 55.1 Å². The Morgan fingerprint density at radius 2 is 2.00 bits per heavy atom. The summed E-state index contributed by atoms with van der Waals surface area (Å²) in [4.78, 5) is 2.12. The maximum Gasteiger partial charge on any atom is 0.416 e. The number of halogens is 3.